The van der Waals surface area contributed by atoms with Crippen LogP contribution in [0.1, 0.15) is 85.8 Å². The summed E-state index contributed by atoms with van der Waals surface area (Å²) in [6.45, 7) is 4.40. The van der Waals surface area contributed by atoms with E-state index in [-0.39, 0.29) is 24.9 Å². The lowest BCUT2D eigenvalue weighted by molar-refractivity contribution is -0.137. The van der Waals surface area contributed by atoms with Gasteiger partial charge in [-0.2, -0.15) is 0 Å². The van der Waals surface area contributed by atoms with Crippen molar-refractivity contribution in [3.63, 3.8) is 0 Å². The highest BCUT2D eigenvalue weighted by Gasteiger charge is 2.36. The summed E-state index contributed by atoms with van der Waals surface area (Å²) >= 11 is 1.62. The number of fused-ring (bicyclic) bond motifs is 1. The van der Waals surface area contributed by atoms with Crippen molar-refractivity contribution in [2.24, 2.45) is 4.99 Å². The molecular formula is C29H37N3O2S. The number of hydrogen-bond donors (Lipinski definition) is 0. The zero-order chi connectivity index (χ0) is 24.4. The summed E-state index contributed by atoms with van der Waals surface area (Å²) in [7, 11) is 0. The number of aliphatic imine (C=N–C) groups is 1. The van der Waals surface area contributed by atoms with Crippen LogP contribution in [0.25, 0.3) is 0 Å². The molecule has 0 saturated heterocycles. The summed E-state index contributed by atoms with van der Waals surface area (Å²) in [6, 6.07) is 10.8. The van der Waals surface area contributed by atoms with Crippen molar-refractivity contribution >= 4 is 33.9 Å². The molecule has 2 aromatic rings. The fraction of sp³-hybridized carbons (Fsp3) is 0.552. The average Bonchev–Trinajstić information content (AvgIpc) is 3.10. The van der Waals surface area contributed by atoms with Gasteiger partial charge < -0.3 is 4.90 Å². The molecule has 6 heteroatoms. The first-order chi connectivity index (χ1) is 17.0. The number of thiophene rings is 1. The van der Waals surface area contributed by atoms with Crippen LogP contribution in [0.3, 0.4) is 0 Å². The molecule has 0 N–H and O–H groups in total. The maximum Gasteiger partial charge on any atom is 0.249 e. The highest BCUT2D eigenvalue weighted by Crippen LogP contribution is 2.39. The number of nitrogens with zero attached hydrogens (tertiary/aromatic N) is 3. The number of hydrogen-bond acceptors (Lipinski definition) is 4. The van der Waals surface area contributed by atoms with E-state index < -0.39 is 0 Å². The van der Waals surface area contributed by atoms with Crippen molar-refractivity contribution in [3.05, 3.63) is 51.9 Å². The number of aryl methyl sites for hydroxylation is 1. The third-order valence-corrected chi connectivity index (χ3v) is 9.32. The van der Waals surface area contributed by atoms with Gasteiger partial charge in [0.1, 0.15) is 18.1 Å². The molecule has 35 heavy (non-hydrogen) atoms. The summed E-state index contributed by atoms with van der Waals surface area (Å²) in [6.07, 6.45) is 11.7. The molecule has 186 valence electrons. The van der Waals surface area contributed by atoms with E-state index in [1.165, 1.54) is 43.4 Å². The van der Waals surface area contributed by atoms with Crippen LogP contribution in [0.2, 0.25) is 0 Å². The second kappa shape index (κ2) is 10.7. The normalized spacial score (nSPS) is 19.8. The Hall–Kier alpha value is -2.47. The SMILES string of the molecule is Cc1sc2c(c1C)C(c1ccccc1)=NCC(=O)N2CC(=O)N(C1CCCCC1)C1CCCCC1. The predicted octanol–water partition coefficient (Wildman–Crippen LogP) is 6.04. The standard InChI is InChI=1S/C29H37N3O2S/c1-20-21(2)35-29-27(20)28(22-12-6-3-7-13-22)30-18-25(33)31(29)19-26(34)32(23-14-8-4-9-15-23)24-16-10-5-11-17-24/h3,6-7,12-13,23-24H,4-5,8-11,14-19H2,1-2H3. The fourth-order valence-electron chi connectivity index (χ4n) is 6.13. The quantitative estimate of drug-likeness (QED) is 0.512. The first kappa shape index (κ1) is 24.2. The van der Waals surface area contributed by atoms with Gasteiger partial charge in [0.25, 0.3) is 0 Å². The molecule has 3 aliphatic rings. The number of anilines is 1. The lowest BCUT2D eigenvalue weighted by Crippen LogP contribution is -2.53. The van der Waals surface area contributed by atoms with Gasteiger partial charge in [0, 0.05) is 28.1 Å². The third-order valence-electron chi connectivity index (χ3n) is 8.09. The minimum atomic E-state index is -0.0842. The molecule has 0 atom stereocenters. The van der Waals surface area contributed by atoms with Gasteiger partial charge in [-0.3, -0.25) is 19.5 Å². The second-order valence-electron chi connectivity index (χ2n) is 10.4. The first-order valence-electron chi connectivity index (χ1n) is 13.4. The lowest BCUT2D eigenvalue weighted by atomic mass is 9.88. The van der Waals surface area contributed by atoms with Gasteiger partial charge in [-0.05, 0) is 45.1 Å². The molecule has 1 aromatic heterocycles. The van der Waals surface area contributed by atoms with Crippen molar-refractivity contribution in [2.45, 2.75) is 90.1 Å². The Morgan fingerprint density at radius 3 is 2.17 bits per heavy atom. The van der Waals surface area contributed by atoms with Crippen LogP contribution in [0.15, 0.2) is 35.3 Å². The van der Waals surface area contributed by atoms with Crippen LogP contribution in [0, 0.1) is 13.8 Å². The predicted molar refractivity (Wildman–Crippen MR) is 144 cm³/mol. The van der Waals surface area contributed by atoms with Crippen LogP contribution >= 0.6 is 11.3 Å². The number of rotatable bonds is 5. The zero-order valence-corrected chi connectivity index (χ0v) is 21.9. The molecular weight excluding hydrogens is 454 g/mol. The summed E-state index contributed by atoms with van der Waals surface area (Å²) in [4.78, 5) is 37.4. The Morgan fingerprint density at radius 1 is 0.971 bits per heavy atom. The van der Waals surface area contributed by atoms with Gasteiger partial charge in [0.15, 0.2) is 0 Å². The van der Waals surface area contributed by atoms with Gasteiger partial charge in [-0.25, -0.2) is 0 Å². The van der Waals surface area contributed by atoms with Crippen LogP contribution in [-0.4, -0.2) is 47.6 Å². The molecule has 0 unspecified atom stereocenters. The van der Waals surface area contributed by atoms with E-state index in [9.17, 15) is 9.59 Å². The van der Waals surface area contributed by atoms with E-state index in [1.54, 1.807) is 16.2 Å². The van der Waals surface area contributed by atoms with Gasteiger partial charge in [-0.1, -0.05) is 68.9 Å². The molecule has 0 spiro atoms. The Bertz CT molecular complexity index is 1080. The van der Waals surface area contributed by atoms with E-state index in [1.807, 2.05) is 30.3 Å². The molecule has 0 radical (unpaired) electrons. The number of carbonyl (C=O) groups excluding carboxylic acids is 2. The van der Waals surface area contributed by atoms with Crippen LogP contribution < -0.4 is 4.90 Å². The van der Waals surface area contributed by atoms with E-state index in [0.29, 0.717) is 12.1 Å². The van der Waals surface area contributed by atoms with Gasteiger partial charge >= 0.3 is 0 Å². The monoisotopic (exact) mass is 491 g/mol. The van der Waals surface area contributed by atoms with E-state index >= 15 is 0 Å². The van der Waals surface area contributed by atoms with Crippen molar-refractivity contribution in [3.8, 4) is 0 Å². The maximum atomic E-state index is 14.0. The molecule has 5 nitrogen and oxygen atoms in total. The molecule has 2 amide bonds. The highest BCUT2D eigenvalue weighted by atomic mass is 32.1. The van der Waals surface area contributed by atoms with Gasteiger partial charge in [0.2, 0.25) is 11.8 Å². The summed E-state index contributed by atoms with van der Waals surface area (Å²) in [5.74, 6) is 0.0361. The summed E-state index contributed by atoms with van der Waals surface area (Å²) < 4.78 is 0. The van der Waals surface area contributed by atoms with E-state index in [0.717, 1.165) is 53.1 Å². The molecule has 2 aliphatic carbocycles. The smallest absolute Gasteiger partial charge is 0.249 e. The number of carbonyl (C=O) groups is 2. The molecule has 2 heterocycles. The van der Waals surface area contributed by atoms with Crippen LogP contribution in [0.4, 0.5) is 5.00 Å². The summed E-state index contributed by atoms with van der Waals surface area (Å²) in [5, 5.41) is 0.880. The van der Waals surface area contributed by atoms with Crippen molar-refractivity contribution < 1.29 is 9.59 Å². The van der Waals surface area contributed by atoms with E-state index in [2.05, 4.69) is 18.7 Å². The van der Waals surface area contributed by atoms with E-state index in [4.69, 9.17) is 4.99 Å². The Balaban J connectivity index is 1.48. The molecule has 2 fully saturated rings. The zero-order valence-electron chi connectivity index (χ0n) is 21.1. The minimum absolute atomic E-state index is 0.0737. The molecule has 0 bridgehead atoms. The summed E-state index contributed by atoms with van der Waals surface area (Å²) in [5.41, 5.74) is 4.04. The lowest BCUT2D eigenvalue weighted by Gasteiger charge is -2.42. The van der Waals surface area contributed by atoms with Crippen LogP contribution in [0.5, 0.6) is 0 Å². The van der Waals surface area contributed by atoms with Crippen molar-refractivity contribution in [1.82, 2.24) is 4.90 Å². The van der Waals surface area contributed by atoms with Crippen molar-refractivity contribution in [2.75, 3.05) is 18.0 Å². The fourth-order valence-corrected chi connectivity index (χ4v) is 7.31. The largest absolute Gasteiger partial charge is 0.335 e. The molecule has 1 aromatic carbocycles. The van der Waals surface area contributed by atoms with Crippen LogP contribution in [-0.2, 0) is 9.59 Å². The van der Waals surface area contributed by atoms with Gasteiger partial charge in [-0.15, -0.1) is 11.3 Å². The Morgan fingerprint density at radius 2 is 1.57 bits per heavy atom. The number of amides is 2. The Kier molecular flexibility index (Phi) is 7.37. The topological polar surface area (TPSA) is 53.0 Å². The maximum absolute atomic E-state index is 14.0. The second-order valence-corrected chi connectivity index (χ2v) is 11.6. The Labute approximate surface area is 213 Å². The minimum Gasteiger partial charge on any atom is -0.335 e. The molecule has 2 saturated carbocycles. The number of benzene rings is 1. The third kappa shape index (κ3) is 4.95. The molecule has 1 aliphatic heterocycles. The first-order valence-corrected chi connectivity index (χ1v) is 14.2. The van der Waals surface area contributed by atoms with Gasteiger partial charge in [0.05, 0.1) is 5.71 Å². The highest BCUT2D eigenvalue weighted by molar-refractivity contribution is 7.17. The molecule has 5 rings (SSSR count). The average molecular weight is 492 g/mol. The van der Waals surface area contributed by atoms with Crippen molar-refractivity contribution in [1.29, 1.82) is 0 Å².